The van der Waals surface area contributed by atoms with Gasteiger partial charge < -0.3 is 124 Å². The molecule has 0 aromatic carbocycles. The molecule has 36 atom stereocenters. The number of nitrogens with zero attached hydrogens (tertiary/aromatic N) is 1. The van der Waals surface area contributed by atoms with E-state index in [2.05, 4.69) is 38.7 Å². The largest absolute Gasteiger partial charge is 0.394 e. The van der Waals surface area contributed by atoms with Gasteiger partial charge in [-0.2, -0.15) is 0 Å². The number of fused-ring (bicyclic) bond motifs is 9. The Hall–Kier alpha value is -1.30. The van der Waals surface area contributed by atoms with Gasteiger partial charge in [0.2, 0.25) is 0 Å². The van der Waals surface area contributed by atoms with E-state index in [0.717, 1.165) is 25.2 Å². The molecular weight excluding hydrogens is 1100 g/mol. The Bertz CT molecular complexity index is 2220. The SMILES string of the molecule is CC1CCC2C(C)C3C(CC4C5CC=C6CC(OC7OC(CO)C(OC8OC(CO)C(O)C(OC9OC(COC%10OC(CO)C(O)C(O)C%10O)C(O)C(O)C9O)C8O)C(O)C7OC7OC(C)C(O)C(O)C7O)CCC6(C)C5CCC43C)N2C1. The second kappa shape index (κ2) is 24.8. The Morgan fingerprint density at radius 1 is 0.518 bits per heavy atom. The molecule has 36 unspecified atom stereocenters. The predicted molar refractivity (Wildman–Crippen MR) is 280 cm³/mol. The van der Waals surface area contributed by atoms with Gasteiger partial charge >= 0.3 is 0 Å². The average Bonchev–Trinajstić information content (AvgIpc) is 2.41. The van der Waals surface area contributed by atoms with Crippen LogP contribution in [0.4, 0.5) is 0 Å². The van der Waals surface area contributed by atoms with Gasteiger partial charge in [0.1, 0.15) is 116 Å². The molecule has 0 aromatic heterocycles. The summed E-state index contributed by atoms with van der Waals surface area (Å²) in [5.74, 6) is 3.82. The maximum absolute atomic E-state index is 12.5. The lowest BCUT2D eigenvalue weighted by molar-refractivity contribution is -0.397. The summed E-state index contributed by atoms with van der Waals surface area (Å²) < 4.78 is 59.8. The number of rotatable bonds is 14. The molecule has 0 spiro atoms. The molecule has 7 heterocycles. The van der Waals surface area contributed by atoms with Crippen molar-refractivity contribution in [1.29, 1.82) is 0 Å². The Kier molecular flexibility index (Phi) is 18.9. The Morgan fingerprint density at radius 3 is 1.80 bits per heavy atom. The molecule has 26 heteroatoms. The first-order valence-electron chi connectivity index (χ1n) is 30.4. The van der Waals surface area contributed by atoms with E-state index in [9.17, 15) is 76.6 Å². The molecule has 15 N–H and O–H groups in total. The van der Waals surface area contributed by atoms with Crippen molar-refractivity contribution in [2.24, 2.45) is 46.3 Å². The maximum Gasteiger partial charge on any atom is 0.187 e. The van der Waals surface area contributed by atoms with Gasteiger partial charge in [0.05, 0.1) is 38.6 Å². The number of aliphatic hydroxyl groups is 15. The molecule has 11 rings (SSSR count). The maximum atomic E-state index is 12.5. The quantitative estimate of drug-likeness (QED) is 0.0734. The number of aliphatic hydroxyl groups excluding tert-OH is 15. The normalized spacial score (nSPS) is 56.5. The van der Waals surface area contributed by atoms with E-state index in [-0.39, 0.29) is 5.41 Å². The van der Waals surface area contributed by atoms with E-state index in [0.29, 0.717) is 59.9 Å². The molecule has 11 aliphatic rings. The lowest BCUT2D eigenvalue weighted by Crippen LogP contribution is -2.68. The highest BCUT2D eigenvalue weighted by Gasteiger charge is 2.67. The fourth-order valence-corrected chi connectivity index (χ4v) is 17.6. The van der Waals surface area contributed by atoms with Crippen LogP contribution in [0.2, 0.25) is 0 Å². The highest BCUT2D eigenvalue weighted by atomic mass is 16.8. The molecule has 0 amide bonds. The van der Waals surface area contributed by atoms with Crippen molar-refractivity contribution in [3.05, 3.63) is 11.6 Å². The molecular formula is C57H93NO25. The van der Waals surface area contributed by atoms with E-state index in [1.165, 1.54) is 44.7 Å². The van der Waals surface area contributed by atoms with Gasteiger partial charge in [0.15, 0.2) is 31.5 Å². The summed E-state index contributed by atoms with van der Waals surface area (Å²) in [6.45, 7) is 9.36. The highest BCUT2D eigenvalue weighted by Crippen LogP contribution is 2.70. The molecule has 3 saturated carbocycles. The monoisotopic (exact) mass is 1190 g/mol. The third kappa shape index (κ3) is 11.2. The molecule has 0 aromatic rings. The Labute approximate surface area is 482 Å². The van der Waals surface area contributed by atoms with E-state index in [1.54, 1.807) is 0 Å². The standard InChI is InChI=1S/C57H93NO25/c1-21-6-9-29-22(2)35-30(58(29)16-21)15-28-26-8-7-24-14-25(10-12-56(24,4)27(26)11-13-57(28,35)5)76-55-50(83-52-44(70)40(66)36(62)23(3)75-52)46(72)48(33(19-61)79-55)81-54-47(73)49(39(65)32(18-60)78-54)82-53-45(71)42(68)38(64)34(80-53)20-74-51-43(69)41(67)37(63)31(17-59)77-51/h7,21-23,25-55,59-73H,6,8-20H2,1-5H3. The van der Waals surface area contributed by atoms with E-state index < -0.39 is 186 Å². The second-order valence-corrected chi connectivity index (χ2v) is 26.9. The fourth-order valence-electron chi connectivity index (χ4n) is 17.6. The number of hydrogen-bond acceptors (Lipinski definition) is 26. The van der Waals surface area contributed by atoms with Gasteiger partial charge in [-0.05, 0) is 111 Å². The van der Waals surface area contributed by atoms with Crippen LogP contribution >= 0.6 is 0 Å². The van der Waals surface area contributed by atoms with Crippen LogP contribution in [-0.4, -0.2) is 286 Å². The molecule has 4 aliphatic carbocycles. The number of allylic oxidation sites excluding steroid dienone is 1. The first kappa shape index (κ1) is 63.3. The average molecular weight is 1190 g/mol. The van der Waals surface area contributed by atoms with Gasteiger partial charge in [-0.25, -0.2) is 0 Å². The lowest BCUT2D eigenvalue weighted by atomic mass is 9.47. The summed E-state index contributed by atoms with van der Waals surface area (Å²) in [7, 11) is 0. The van der Waals surface area contributed by atoms with Crippen molar-refractivity contribution in [1.82, 2.24) is 4.90 Å². The lowest BCUT2D eigenvalue weighted by Gasteiger charge is -2.58. The van der Waals surface area contributed by atoms with Gasteiger partial charge in [-0.1, -0.05) is 39.3 Å². The molecule has 83 heavy (non-hydrogen) atoms. The Morgan fingerprint density at radius 2 is 1.10 bits per heavy atom. The summed E-state index contributed by atoms with van der Waals surface area (Å²) >= 11 is 0. The minimum atomic E-state index is -2.10. The topological polar surface area (TPSA) is 399 Å². The number of hydrogen-bond donors (Lipinski definition) is 15. The van der Waals surface area contributed by atoms with Crippen molar-refractivity contribution in [3.63, 3.8) is 0 Å². The predicted octanol–water partition coefficient (Wildman–Crippen LogP) is -4.20. The first-order chi connectivity index (χ1) is 39.4. The van der Waals surface area contributed by atoms with Crippen molar-refractivity contribution in [2.45, 2.75) is 264 Å². The zero-order valence-corrected chi connectivity index (χ0v) is 47.8. The zero-order chi connectivity index (χ0) is 59.5. The van der Waals surface area contributed by atoms with Crippen LogP contribution in [0.25, 0.3) is 0 Å². The summed E-state index contributed by atoms with van der Waals surface area (Å²) in [5.41, 5.74) is 1.52. The molecule has 0 radical (unpaired) electrons. The first-order valence-corrected chi connectivity index (χ1v) is 30.4. The van der Waals surface area contributed by atoms with Crippen LogP contribution in [-0.2, 0) is 47.4 Å². The molecule has 7 saturated heterocycles. The third-order valence-corrected chi connectivity index (χ3v) is 22.2. The van der Waals surface area contributed by atoms with Crippen molar-refractivity contribution in [2.75, 3.05) is 33.0 Å². The van der Waals surface area contributed by atoms with Gasteiger partial charge in [0.25, 0.3) is 0 Å². The number of ether oxygens (including phenoxy) is 10. The van der Waals surface area contributed by atoms with Crippen LogP contribution in [0.1, 0.15) is 92.4 Å². The zero-order valence-electron chi connectivity index (χ0n) is 47.8. The van der Waals surface area contributed by atoms with Crippen LogP contribution in [0.3, 0.4) is 0 Å². The van der Waals surface area contributed by atoms with E-state index in [4.69, 9.17) is 47.4 Å². The summed E-state index contributed by atoms with van der Waals surface area (Å²) in [5, 5.41) is 163. The minimum absolute atomic E-state index is 0.0732. The van der Waals surface area contributed by atoms with Crippen LogP contribution in [0.15, 0.2) is 11.6 Å². The summed E-state index contributed by atoms with van der Waals surface area (Å²) in [4.78, 5) is 2.91. The van der Waals surface area contributed by atoms with Crippen LogP contribution in [0.5, 0.6) is 0 Å². The van der Waals surface area contributed by atoms with Crippen LogP contribution < -0.4 is 0 Å². The summed E-state index contributed by atoms with van der Waals surface area (Å²) in [6, 6.07) is 1.33. The second-order valence-electron chi connectivity index (χ2n) is 26.9. The molecule has 26 nitrogen and oxygen atoms in total. The highest BCUT2D eigenvalue weighted by molar-refractivity contribution is 5.27. The van der Waals surface area contributed by atoms with Crippen LogP contribution in [0, 0.1) is 46.3 Å². The molecule has 0 bridgehead atoms. The molecule has 10 fully saturated rings. The van der Waals surface area contributed by atoms with E-state index in [1.807, 2.05) is 0 Å². The van der Waals surface area contributed by atoms with E-state index >= 15 is 0 Å². The molecule has 476 valence electrons. The van der Waals surface area contributed by atoms with Crippen molar-refractivity contribution < 1.29 is 124 Å². The van der Waals surface area contributed by atoms with Crippen molar-refractivity contribution in [3.8, 4) is 0 Å². The van der Waals surface area contributed by atoms with Gasteiger partial charge in [-0.3, -0.25) is 4.90 Å². The fraction of sp³-hybridized carbons (Fsp3) is 0.965. The van der Waals surface area contributed by atoms with Gasteiger partial charge in [0, 0.05) is 18.6 Å². The number of piperidine rings is 1. The van der Waals surface area contributed by atoms with Gasteiger partial charge in [-0.15, -0.1) is 0 Å². The Balaban J connectivity index is 0.789. The third-order valence-electron chi connectivity index (χ3n) is 22.2. The molecule has 7 aliphatic heterocycles. The minimum Gasteiger partial charge on any atom is -0.394 e. The smallest absolute Gasteiger partial charge is 0.187 e. The van der Waals surface area contributed by atoms with Crippen molar-refractivity contribution >= 4 is 0 Å². The summed E-state index contributed by atoms with van der Waals surface area (Å²) in [6.07, 6.45) is -32.3.